The molecule has 0 aliphatic carbocycles. The average molecular weight is 135 g/mol. The maximum atomic E-state index is 9.49. The fourth-order valence-electron chi connectivity index (χ4n) is 0.0777. The first kappa shape index (κ1) is 10.0. The quantitative estimate of drug-likeness (QED) is 0.163. The lowest BCUT2D eigenvalue weighted by Crippen LogP contribution is -3.00. The average Bonchev–Trinajstić information content (AvgIpc) is 1.72. The van der Waals surface area contributed by atoms with Crippen molar-refractivity contribution in [3.8, 4) is 6.07 Å². The number of rotatable bonds is 1. The summed E-state index contributed by atoms with van der Waals surface area (Å²) in [7, 11) is 0. The van der Waals surface area contributed by atoms with Gasteiger partial charge in [0.1, 0.15) is 0 Å². The minimum atomic E-state index is -0.389. The van der Waals surface area contributed by atoms with Gasteiger partial charge in [0.15, 0.2) is 6.07 Å². The van der Waals surface area contributed by atoms with Crippen molar-refractivity contribution in [3.63, 3.8) is 0 Å². The lowest BCUT2D eigenvalue weighted by atomic mass is 10.5. The largest absolute Gasteiger partial charge is 1.00 e. The van der Waals surface area contributed by atoms with Gasteiger partial charge >= 0.3 is 5.71 Å². The molecule has 8 heavy (non-hydrogen) atoms. The normalized spacial score (nSPS) is 8.62. The van der Waals surface area contributed by atoms with Crippen molar-refractivity contribution in [2.75, 3.05) is 0 Å². The van der Waals surface area contributed by atoms with Crippen molar-refractivity contribution in [3.05, 3.63) is 0 Å². The van der Waals surface area contributed by atoms with Crippen molar-refractivity contribution in [1.82, 2.24) is 0 Å². The van der Waals surface area contributed by atoms with Gasteiger partial charge in [-0.15, -0.1) is 0 Å². The van der Waals surface area contributed by atoms with Crippen molar-refractivity contribution in [2.45, 2.75) is 0 Å². The summed E-state index contributed by atoms with van der Waals surface area (Å²) >= 11 is 0. The molecule has 0 amide bonds. The van der Waals surface area contributed by atoms with Crippen molar-refractivity contribution in [2.24, 2.45) is 0 Å². The standard InChI is InChI=1S/C3H2N2O2.ClH/c4-1-3(2-6)5-7;/h2,7H;1H. The molecule has 0 aromatic carbocycles. The van der Waals surface area contributed by atoms with Crippen LogP contribution in [0, 0.1) is 11.3 Å². The Labute approximate surface area is 51.8 Å². The van der Waals surface area contributed by atoms with Gasteiger partial charge in [-0.1, -0.05) is 0 Å². The predicted octanol–water partition coefficient (Wildman–Crippen LogP) is -5.38. The molecule has 4 nitrogen and oxygen atoms in total. The molecular formula is C3H3ClN2O2. The third-order valence-corrected chi connectivity index (χ3v) is 0.359. The summed E-state index contributed by atoms with van der Waals surface area (Å²) in [5, 5.41) is 17.0. The van der Waals surface area contributed by atoms with E-state index in [1.165, 1.54) is 11.2 Å². The van der Waals surface area contributed by atoms with Gasteiger partial charge in [0.05, 0.1) is 0 Å². The summed E-state index contributed by atoms with van der Waals surface area (Å²) in [4.78, 5) is 9.49. The fourth-order valence-corrected chi connectivity index (χ4v) is 0.0777. The number of nitrogens with one attached hydrogen (secondary N) is 1. The van der Waals surface area contributed by atoms with Crippen LogP contribution in [0.5, 0.6) is 0 Å². The van der Waals surface area contributed by atoms with Crippen LogP contribution in [0.4, 0.5) is 0 Å². The minimum absolute atomic E-state index is 0. The van der Waals surface area contributed by atoms with Gasteiger partial charge in [-0.25, -0.2) is 0 Å². The third-order valence-electron chi connectivity index (χ3n) is 0.359. The second-order valence-electron chi connectivity index (χ2n) is 0.755. The van der Waals surface area contributed by atoms with E-state index < -0.39 is 0 Å². The number of nitrogens with zero attached hydrogens (tertiary/aromatic N) is 1. The lowest BCUT2D eigenvalue weighted by molar-refractivity contribution is -0.735. The summed E-state index contributed by atoms with van der Waals surface area (Å²) in [5.41, 5.74) is -0.389. The number of carbonyl (C=O) groups excluding carboxylic acids is 1. The third kappa shape index (κ3) is 3.12. The van der Waals surface area contributed by atoms with E-state index in [4.69, 9.17) is 10.5 Å². The maximum Gasteiger partial charge on any atom is 0.363 e. The molecule has 0 aromatic rings. The zero-order valence-electron chi connectivity index (χ0n) is 3.76. The Kier molecular flexibility index (Phi) is 7.41. The Hall–Kier alpha value is -1.08. The van der Waals surface area contributed by atoms with Crippen LogP contribution >= 0.6 is 0 Å². The molecule has 0 rings (SSSR count). The predicted molar refractivity (Wildman–Crippen MR) is 19.4 cm³/mol. The molecule has 0 saturated heterocycles. The number of halogens is 1. The molecule has 44 valence electrons. The van der Waals surface area contributed by atoms with Crippen LogP contribution in [0.3, 0.4) is 0 Å². The molecule has 5 heteroatoms. The molecule has 0 aliphatic heterocycles. The first-order chi connectivity index (χ1) is 3.35. The molecule has 0 fully saturated rings. The Morgan fingerprint density at radius 2 is 2.38 bits per heavy atom. The Morgan fingerprint density at radius 3 is 2.38 bits per heavy atom. The molecule has 0 aliphatic rings. The molecule has 0 aromatic heterocycles. The van der Waals surface area contributed by atoms with Crippen LogP contribution < -0.4 is 17.6 Å². The number of hydrogen-bond donors (Lipinski definition) is 2. The van der Waals surface area contributed by atoms with Crippen LogP contribution in [0.2, 0.25) is 0 Å². The number of aldehydes is 1. The van der Waals surface area contributed by atoms with Crippen LogP contribution in [-0.2, 0) is 4.79 Å². The molecule has 2 N–H and O–H groups in total. The summed E-state index contributed by atoms with van der Waals surface area (Å²) < 4.78 is 0. The van der Waals surface area contributed by atoms with E-state index in [1.807, 2.05) is 0 Å². The Morgan fingerprint density at radius 1 is 1.88 bits per heavy atom. The molecule has 0 radical (unpaired) electrons. The highest BCUT2D eigenvalue weighted by atomic mass is 35.5. The summed E-state index contributed by atoms with van der Waals surface area (Å²) in [6.07, 6.45) is 0.222. The van der Waals surface area contributed by atoms with E-state index >= 15 is 0 Å². The Bertz CT molecular complexity index is 137. The summed E-state index contributed by atoms with van der Waals surface area (Å²) in [6, 6.07) is 1.39. The van der Waals surface area contributed by atoms with E-state index in [9.17, 15) is 4.79 Å². The zero-order chi connectivity index (χ0) is 5.70. The second kappa shape index (κ2) is 5.92. The highest BCUT2D eigenvalue weighted by molar-refractivity contribution is 6.32. The molecular weight excluding hydrogens is 131 g/mol. The van der Waals surface area contributed by atoms with E-state index in [2.05, 4.69) is 0 Å². The SMILES string of the molecule is N#CC(C=O)=[NH+]O.[Cl-]. The Balaban J connectivity index is 0. The first-order valence-corrected chi connectivity index (χ1v) is 1.47. The van der Waals surface area contributed by atoms with E-state index in [1.54, 1.807) is 0 Å². The van der Waals surface area contributed by atoms with Crippen LogP contribution in [0.1, 0.15) is 0 Å². The van der Waals surface area contributed by atoms with Gasteiger partial charge in [-0.05, 0) is 5.16 Å². The molecule has 0 saturated carbocycles. The smallest absolute Gasteiger partial charge is 0.363 e. The van der Waals surface area contributed by atoms with Gasteiger partial charge in [0.25, 0.3) is 0 Å². The molecule has 0 atom stereocenters. The van der Waals surface area contributed by atoms with Gasteiger partial charge in [0, 0.05) is 0 Å². The fraction of sp³-hybridized carbons (Fsp3) is 0. The van der Waals surface area contributed by atoms with Gasteiger partial charge in [-0.3, -0.25) is 10.0 Å². The summed E-state index contributed by atoms with van der Waals surface area (Å²) in [6.45, 7) is 0. The van der Waals surface area contributed by atoms with Crippen LogP contribution in [0.15, 0.2) is 0 Å². The van der Waals surface area contributed by atoms with Crippen molar-refractivity contribution < 1.29 is 27.6 Å². The van der Waals surface area contributed by atoms with Crippen molar-refractivity contribution >= 4 is 12.0 Å². The monoisotopic (exact) mass is 134 g/mol. The van der Waals surface area contributed by atoms with Crippen molar-refractivity contribution in [1.29, 1.82) is 5.26 Å². The van der Waals surface area contributed by atoms with Crippen LogP contribution in [-0.4, -0.2) is 17.2 Å². The van der Waals surface area contributed by atoms with Gasteiger partial charge < -0.3 is 12.4 Å². The van der Waals surface area contributed by atoms with Gasteiger partial charge in [0.2, 0.25) is 6.29 Å². The molecule has 0 spiro atoms. The molecule has 0 bridgehead atoms. The molecule has 0 unspecified atom stereocenters. The highest BCUT2D eigenvalue weighted by Crippen LogP contribution is 1.44. The number of carbonyl (C=O) groups is 1. The van der Waals surface area contributed by atoms with Crippen LogP contribution in [0.25, 0.3) is 0 Å². The second-order valence-corrected chi connectivity index (χ2v) is 0.755. The lowest BCUT2D eigenvalue weighted by Gasteiger charge is -1.60. The van der Waals surface area contributed by atoms with E-state index in [-0.39, 0.29) is 24.4 Å². The summed E-state index contributed by atoms with van der Waals surface area (Å²) in [5.74, 6) is 0. The minimum Gasteiger partial charge on any atom is -1.00 e. The maximum absolute atomic E-state index is 9.49. The topological polar surface area (TPSA) is 75.1 Å². The van der Waals surface area contributed by atoms with E-state index in [0.29, 0.717) is 0 Å². The zero-order valence-corrected chi connectivity index (χ0v) is 4.51. The molecule has 0 heterocycles. The number of nitriles is 1. The first-order valence-electron chi connectivity index (χ1n) is 1.47. The van der Waals surface area contributed by atoms with Gasteiger partial charge in [-0.2, -0.15) is 5.26 Å². The number of hydrogen-bond acceptors (Lipinski definition) is 3. The highest BCUT2D eigenvalue weighted by Gasteiger charge is 1.96. The van der Waals surface area contributed by atoms with E-state index in [0.717, 1.165) is 0 Å².